The van der Waals surface area contributed by atoms with Crippen molar-refractivity contribution >= 4 is 5.82 Å². The van der Waals surface area contributed by atoms with Gasteiger partial charge >= 0.3 is 6.18 Å². The molecule has 4 aliphatic rings. The zero-order chi connectivity index (χ0) is 23.9. The predicted octanol–water partition coefficient (Wildman–Crippen LogP) is 2.75. The van der Waals surface area contributed by atoms with E-state index in [0.717, 1.165) is 45.4 Å². The summed E-state index contributed by atoms with van der Waals surface area (Å²) in [6, 6.07) is 0.0570. The van der Waals surface area contributed by atoms with Gasteiger partial charge in [0.1, 0.15) is 5.82 Å². The molecule has 5 rings (SSSR count). The number of fused-ring (bicyclic) bond motifs is 3. The van der Waals surface area contributed by atoms with Crippen LogP contribution in [0.5, 0.6) is 0 Å². The summed E-state index contributed by atoms with van der Waals surface area (Å²) in [5.74, 6) is 1.56. The quantitative estimate of drug-likeness (QED) is 0.513. The Kier molecular flexibility index (Phi) is 6.98. The topological polar surface area (TPSA) is 68.4 Å². The molecule has 4 heterocycles. The first-order chi connectivity index (χ1) is 16.3. The van der Waals surface area contributed by atoms with Gasteiger partial charge in [-0.15, -0.1) is 0 Å². The number of nitrogens with zero attached hydrogens (tertiary/aromatic N) is 4. The van der Waals surface area contributed by atoms with Gasteiger partial charge in [0.05, 0.1) is 43.4 Å². The molecule has 1 aromatic heterocycles. The molecule has 34 heavy (non-hydrogen) atoms. The third kappa shape index (κ3) is 5.03. The van der Waals surface area contributed by atoms with Gasteiger partial charge < -0.3 is 5.32 Å². The Hall–Kier alpha value is -1.56. The van der Waals surface area contributed by atoms with Gasteiger partial charge in [-0.3, -0.25) is 30.0 Å². The van der Waals surface area contributed by atoms with Crippen LogP contribution in [0.2, 0.25) is 0 Å². The number of anilines is 1. The van der Waals surface area contributed by atoms with E-state index < -0.39 is 18.8 Å². The maximum absolute atomic E-state index is 13.6. The Morgan fingerprint density at radius 1 is 1.12 bits per heavy atom. The summed E-state index contributed by atoms with van der Waals surface area (Å²) in [5.41, 5.74) is 7.26. The zero-order valence-electron chi connectivity index (χ0n) is 19.6. The molecule has 11 heteroatoms. The van der Waals surface area contributed by atoms with E-state index in [9.17, 15) is 17.6 Å². The molecular weight excluding hydrogens is 450 g/mol. The summed E-state index contributed by atoms with van der Waals surface area (Å²) >= 11 is 0. The third-order valence-corrected chi connectivity index (χ3v) is 8.25. The fourth-order valence-corrected chi connectivity index (χ4v) is 6.74. The van der Waals surface area contributed by atoms with Crippen molar-refractivity contribution in [3.63, 3.8) is 0 Å². The summed E-state index contributed by atoms with van der Waals surface area (Å²) < 4.78 is 53.0. The zero-order valence-corrected chi connectivity index (χ0v) is 19.6. The first-order valence-electron chi connectivity index (χ1n) is 12.5. The molecule has 4 unspecified atom stereocenters. The number of hydrogen-bond donors (Lipinski definition) is 3. The third-order valence-electron chi connectivity index (χ3n) is 8.25. The summed E-state index contributed by atoms with van der Waals surface area (Å²) in [7, 11) is 0. The normalized spacial score (nSPS) is 35.0. The van der Waals surface area contributed by atoms with Gasteiger partial charge in [-0.05, 0) is 50.4 Å². The Labute approximate surface area is 198 Å². The van der Waals surface area contributed by atoms with Crippen molar-refractivity contribution in [2.24, 2.45) is 17.8 Å². The number of rotatable bonds is 7. The SMILES string of the molecule is C[C@@H]1CC2C3CNNC3CCC2[C@@H](c2cnc(NC3CN(CCCF)C3)cn2)N1CC(F)(F)F. The van der Waals surface area contributed by atoms with Crippen molar-refractivity contribution in [2.45, 2.75) is 63.0 Å². The van der Waals surface area contributed by atoms with Crippen molar-refractivity contribution in [1.29, 1.82) is 0 Å². The molecule has 190 valence electrons. The molecular formula is C23H35F4N7. The average Bonchev–Trinajstić information content (AvgIpc) is 3.25. The van der Waals surface area contributed by atoms with Crippen LogP contribution in [-0.2, 0) is 0 Å². The molecule has 7 nitrogen and oxygen atoms in total. The molecule has 4 fully saturated rings. The van der Waals surface area contributed by atoms with Crippen LogP contribution in [0.3, 0.4) is 0 Å². The lowest BCUT2D eigenvalue weighted by Crippen LogP contribution is -2.56. The van der Waals surface area contributed by atoms with Crippen LogP contribution in [0.15, 0.2) is 12.4 Å². The van der Waals surface area contributed by atoms with Crippen molar-refractivity contribution in [3.8, 4) is 0 Å². The van der Waals surface area contributed by atoms with E-state index in [-0.39, 0.29) is 24.7 Å². The highest BCUT2D eigenvalue weighted by molar-refractivity contribution is 5.34. The van der Waals surface area contributed by atoms with Crippen LogP contribution in [0.4, 0.5) is 23.4 Å². The minimum Gasteiger partial charge on any atom is -0.363 e. The molecule has 1 aromatic rings. The van der Waals surface area contributed by atoms with E-state index in [1.807, 2.05) is 6.92 Å². The fourth-order valence-electron chi connectivity index (χ4n) is 6.74. The van der Waals surface area contributed by atoms with Crippen molar-refractivity contribution < 1.29 is 17.6 Å². The predicted molar refractivity (Wildman–Crippen MR) is 121 cm³/mol. The number of alkyl halides is 4. The number of hydrazine groups is 1. The summed E-state index contributed by atoms with van der Waals surface area (Å²) in [6.07, 6.45) is 2.22. The van der Waals surface area contributed by atoms with Gasteiger partial charge in [0.25, 0.3) is 0 Å². The molecule has 0 aromatic carbocycles. The van der Waals surface area contributed by atoms with Crippen LogP contribution in [0.1, 0.15) is 44.3 Å². The van der Waals surface area contributed by atoms with E-state index >= 15 is 0 Å². The monoisotopic (exact) mass is 485 g/mol. The van der Waals surface area contributed by atoms with E-state index in [1.165, 1.54) is 0 Å². The molecule has 0 amide bonds. The molecule has 0 spiro atoms. The molecule has 6 atom stereocenters. The van der Waals surface area contributed by atoms with Crippen LogP contribution in [0.25, 0.3) is 0 Å². The maximum atomic E-state index is 13.6. The number of aromatic nitrogens is 2. The van der Waals surface area contributed by atoms with Gasteiger partial charge in [-0.25, -0.2) is 4.98 Å². The first kappa shape index (κ1) is 24.1. The number of hydrogen-bond acceptors (Lipinski definition) is 7. The highest BCUT2D eigenvalue weighted by Crippen LogP contribution is 2.51. The van der Waals surface area contributed by atoms with E-state index in [1.54, 1.807) is 17.3 Å². The van der Waals surface area contributed by atoms with Crippen LogP contribution in [0, 0.1) is 17.8 Å². The number of halogens is 4. The smallest absolute Gasteiger partial charge is 0.363 e. The molecule has 3 aliphatic heterocycles. The molecule has 1 saturated carbocycles. The largest absolute Gasteiger partial charge is 0.401 e. The summed E-state index contributed by atoms with van der Waals surface area (Å²) in [4.78, 5) is 13.0. The molecule has 3 N–H and O–H groups in total. The van der Waals surface area contributed by atoms with Crippen LogP contribution < -0.4 is 16.2 Å². The van der Waals surface area contributed by atoms with Crippen LogP contribution in [-0.4, -0.2) is 83.5 Å². The summed E-state index contributed by atoms with van der Waals surface area (Å²) in [6.45, 7) is 3.97. The number of piperidine rings is 1. The molecule has 0 bridgehead atoms. The Morgan fingerprint density at radius 2 is 1.94 bits per heavy atom. The Balaban J connectivity index is 1.32. The molecule has 3 saturated heterocycles. The second-order valence-electron chi connectivity index (χ2n) is 10.5. The van der Waals surface area contributed by atoms with Gasteiger partial charge in [0.15, 0.2) is 0 Å². The maximum Gasteiger partial charge on any atom is 0.401 e. The fraction of sp³-hybridized carbons (Fsp3) is 0.826. The lowest BCUT2D eigenvalue weighted by atomic mass is 9.62. The van der Waals surface area contributed by atoms with Crippen molar-refractivity contribution in [1.82, 2.24) is 30.6 Å². The average molecular weight is 486 g/mol. The van der Waals surface area contributed by atoms with Crippen molar-refractivity contribution in [3.05, 3.63) is 18.1 Å². The first-order valence-corrected chi connectivity index (χ1v) is 12.5. The van der Waals surface area contributed by atoms with Crippen LogP contribution >= 0.6 is 0 Å². The van der Waals surface area contributed by atoms with Crippen molar-refractivity contribution in [2.75, 3.05) is 44.7 Å². The Morgan fingerprint density at radius 3 is 2.65 bits per heavy atom. The van der Waals surface area contributed by atoms with E-state index in [0.29, 0.717) is 35.8 Å². The lowest BCUT2D eigenvalue weighted by Gasteiger charge is -2.53. The number of likely N-dealkylation sites (tertiary alicyclic amines) is 2. The van der Waals surface area contributed by atoms with Gasteiger partial charge in [0, 0.05) is 38.3 Å². The number of nitrogens with one attached hydrogen (secondary N) is 3. The van der Waals surface area contributed by atoms with Gasteiger partial charge in [-0.2, -0.15) is 13.2 Å². The minimum absolute atomic E-state index is 0.130. The molecule has 1 aliphatic carbocycles. The lowest BCUT2D eigenvalue weighted by molar-refractivity contribution is -0.172. The Bertz CT molecular complexity index is 817. The minimum atomic E-state index is -4.26. The molecule has 0 radical (unpaired) electrons. The van der Waals surface area contributed by atoms with Gasteiger partial charge in [0.2, 0.25) is 0 Å². The van der Waals surface area contributed by atoms with E-state index in [2.05, 4.69) is 31.0 Å². The standard InChI is InChI=1S/C23H35F4N7/c1-14-7-17-16(3-4-19-18(17)8-30-32-19)22(34(14)13-23(25,26)27)20-9-29-21(10-28-20)31-15-11-33(12-15)6-2-5-24/h9-10,14-19,22,30,32H,2-8,11-13H2,1H3,(H,29,31)/t14-,16?,17?,18?,19?,22+/m1/s1. The van der Waals surface area contributed by atoms with Gasteiger partial charge in [-0.1, -0.05) is 0 Å². The highest BCUT2D eigenvalue weighted by atomic mass is 19.4. The second-order valence-corrected chi connectivity index (χ2v) is 10.5. The highest BCUT2D eigenvalue weighted by Gasteiger charge is 2.52. The second kappa shape index (κ2) is 9.83. The van der Waals surface area contributed by atoms with E-state index in [4.69, 9.17) is 0 Å². The summed E-state index contributed by atoms with van der Waals surface area (Å²) in [5, 5.41) is 3.34.